The Hall–Kier alpha value is -1.32. The number of aryl methyl sites for hydroxylation is 1. The third-order valence-electron chi connectivity index (χ3n) is 4.31. The van der Waals surface area contributed by atoms with Crippen LogP contribution in [0, 0.1) is 6.92 Å². The first-order valence-electron chi connectivity index (χ1n) is 8.10. The Balaban J connectivity index is 1.74. The Labute approximate surface area is 137 Å². The number of pyridine rings is 1. The molecule has 1 fully saturated rings. The Morgan fingerprint density at radius 1 is 1.09 bits per heavy atom. The van der Waals surface area contributed by atoms with Crippen LogP contribution in [0.4, 0.5) is 0 Å². The van der Waals surface area contributed by atoms with E-state index in [0.29, 0.717) is 5.25 Å². The molecule has 1 N–H and O–H groups in total. The molecule has 0 saturated heterocycles. The molecule has 0 bridgehead atoms. The van der Waals surface area contributed by atoms with E-state index in [1.165, 1.54) is 37.7 Å². The van der Waals surface area contributed by atoms with Crippen LogP contribution in [0.1, 0.15) is 54.9 Å². The number of hydrogen-bond donors (Lipinski definition) is 1. The number of aliphatic hydroxyl groups excluding tert-OH is 1. The summed E-state index contributed by atoms with van der Waals surface area (Å²) < 4.78 is 0. The van der Waals surface area contributed by atoms with Crippen molar-refractivity contribution in [2.45, 2.75) is 55.4 Å². The lowest BCUT2D eigenvalue weighted by Crippen LogP contribution is -2.09. The summed E-state index contributed by atoms with van der Waals surface area (Å²) in [6.07, 6.45) is 7.92. The third-order valence-corrected chi connectivity index (χ3v) is 5.77. The Morgan fingerprint density at radius 3 is 2.50 bits per heavy atom. The second-order valence-electron chi connectivity index (χ2n) is 6.08. The summed E-state index contributed by atoms with van der Waals surface area (Å²) in [7, 11) is 0. The van der Waals surface area contributed by atoms with Crippen molar-refractivity contribution in [3.63, 3.8) is 0 Å². The number of nitrogens with zero attached hydrogens (tertiary/aromatic N) is 1. The summed E-state index contributed by atoms with van der Waals surface area (Å²) in [5, 5.41) is 12.3. The average molecular weight is 313 g/mol. The largest absolute Gasteiger partial charge is 0.384 e. The van der Waals surface area contributed by atoms with Gasteiger partial charge in [0, 0.05) is 17.0 Å². The van der Waals surface area contributed by atoms with Gasteiger partial charge >= 0.3 is 0 Å². The number of benzene rings is 1. The summed E-state index contributed by atoms with van der Waals surface area (Å²) >= 11 is 1.91. The molecule has 1 unspecified atom stereocenters. The lowest BCUT2D eigenvalue weighted by molar-refractivity contribution is 0.219. The van der Waals surface area contributed by atoms with Gasteiger partial charge in [0.05, 0.1) is 5.03 Å². The first kappa shape index (κ1) is 15.6. The predicted molar refractivity (Wildman–Crippen MR) is 92.2 cm³/mol. The normalized spacial score (nSPS) is 17.4. The number of aliphatic hydroxyl groups is 1. The van der Waals surface area contributed by atoms with Crippen LogP contribution in [-0.4, -0.2) is 15.3 Å². The van der Waals surface area contributed by atoms with E-state index in [0.717, 1.165) is 16.2 Å². The van der Waals surface area contributed by atoms with Crippen molar-refractivity contribution >= 4 is 11.8 Å². The van der Waals surface area contributed by atoms with E-state index in [9.17, 15) is 5.11 Å². The average Bonchev–Trinajstić information content (AvgIpc) is 2.58. The standard InChI is InChI=1S/C19H23NOS/c1-14-12-16(18(21)15-8-4-2-5-9-15)13-20-19(14)22-17-10-6-3-7-11-17/h2,4-5,8-9,12-13,17-18,21H,3,6-7,10-11H2,1H3. The van der Waals surface area contributed by atoms with E-state index in [1.54, 1.807) is 0 Å². The molecule has 0 amide bonds. The molecule has 0 spiro atoms. The minimum atomic E-state index is -0.596. The van der Waals surface area contributed by atoms with Crippen molar-refractivity contribution in [1.82, 2.24) is 4.98 Å². The molecule has 1 aliphatic rings. The van der Waals surface area contributed by atoms with E-state index >= 15 is 0 Å². The van der Waals surface area contributed by atoms with Gasteiger partial charge in [0.1, 0.15) is 6.10 Å². The lowest BCUT2D eigenvalue weighted by Gasteiger charge is -2.21. The highest BCUT2D eigenvalue weighted by Gasteiger charge is 2.17. The molecule has 1 saturated carbocycles. The number of aromatic nitrogens is 1. The zero-order valence-electron chi connectivity index (χ0n) is 13.0. The van der Waals surface area contributed by atoms with Crippen LogP contribution in [0.25, 0.3) is 0 Å². The molecule has 1 aliphatic carbocycles. The molecular weight excluding hydrogens is 290 g/mol. The minimum Gasteiger partial charge on any atom is -0.384 e. The summed E-state index contributed by atoms with van der Waals surface area (Å²) in [4.78, 5) is 4.62. The molecule has 3 rings (SSSR count). The van der Waals surface area contributed by atoms with Gasteiger partial charge in [0.2, 0.25) is 0 Å². The highest BCUT2D eigenvalue weighted by atomic mass is 32.2. The highest BCUT2D eigenvalue weighted by Crippen LogP contribution is 2.35. The van der Waals surface area contributed by atoms with Gasteiger partial charge in [-0.15, -0.1) is 11.8 Å². The Morgan fingerprint density at radius 2 is 1.82 bits per heavy atom. The highest BCUT2D eigenvalue weighted by molar-refractivity contribution is 7.99. The fraction of sp³-hybridized carbons (Fsp3) is 0.421. The maximum Gasteiger partial charge on any atom is 0.106 e. The van der Waals surface area contributed by atoms with Crippen LogP contribution in [0.5, 0.6) is 0 Å². The van der Waals surface area contributed by atoms with E-state index < -0.39 is 6.10 Å². The summed E-state index contributed by atoms with van der Waals surface area (Å²) in [5.74, 6) is 0. The molecule has 116 valence electrons. The molecule has 1 aromatic heterocycles. The number of rotatable bonds is 4. The lowest BCUT2D eigenvalue weighted by atomic mass is 10.0. The van der Waals surface area contributed by atoms with E-state index in [1.807, 2.05) is 48.3 Å². The van der Waals surface area contributed by atoms with Crippen molar-refractivity contribution < 1.29 is 5.11 Å². The molecule has 22 heavy (non-hydrogen) atoms. The van der Waals surface area contributed by atoms with Crippen molar-refractivity contribution in [2.24, 2.45) is 0 Å². The van der Waals surface area contributed by atoms with Crippen molar-refractivity contribution in [3.05, 3.63) is 59.3 Å². The molecule has 1 atom stereocenters. The molecule has 3 heteroatoms. The molecule has 0 aliphatic heterocycles. The van der Waals surface area contributed by atoms with Crippen molar-refractivity contribution in [3.8, 4) is 0 Å². The molecule has 2 nitrogen and oxygen atoms in total. The fourth-order valence-corrected chi connectivity index (χ4v) is 4.27. The zero-order chi connectivity index (χ0) is 15.4. The van der Waals surface area contributed by atoms with Crippen molar-refractivity contribution in [2.75, 3.05) is 0 Å². The fourth-order valence-electron chi connectivity index (χ4n) is 3.03. The maximum atomic E-state index is 10.5. The predicted octanol–water partition coefficient (Wildman–Crippen LogP) is 4.90. The van der Waals surface area contributed by atoms with Crippen LogP contribution < -0.4 is 0 Å². The van der Waals surface area contributed by atoms with Gasteiger partial charge in [-0.05, 0) is 37.0 Å². The van der Waals surface area contributed by atoms with E-state index in [2.05, 4.69) is 18.0 Å². The van der Waals surface area contributed by atoms with Gasteiger partial charge in [-0.3, -0.25) is 0 Å². The van der Waals surface area contributed by atoms with E-state index in [-0.39, 0.29) is 0 Å². The van der Waals surface area contributed by atoms with E-state index in [4.69, 9.17) is 0 Å². The zero-order valence-corrected chi connectivity index (χ0v) is 13.9. The van der Waals surface area contributed by atoms with Crippen molar-refractivity contribution in [1.29, 1.82) is 0 Å². The molecular formula is C19H23NOS. The Kier molecular flexibility index (Phi) is 5.16. The second kappa shape index (κ2) is 7.30. The quantitative estimate of drug-likeness (QED) is 0.872. The summed E-state index contributed by atoms with van der Waals surface area (Å²) in [6, 6.07) is 11.8. The SMILES string of the molecule is Cc1cc(C(O)c2ccccc2)cnc1SC1CCCCC1. The van der Waals surface area contributed by atoms with Crippen LogP contribution in [0.2, 0.25) is 0 Å². The van der Waals surface area contributed by atoms with Crippen LogP contribution in [0.15, 0.2) is 47.6 Å². The number of thioether (sulfide) groups is 1. The molecule has 0 radical (unpaired) electrons. The van der Waals surface area contributed by atoms with Gasteiger partial charge in [-0.1, -0.05) is 49.6 Å². The van der Waals surface area contributed by atoms with Crippen LogP contribution >= 0.6 is 11.8 Å². The molecule has 2 aromatic rings. The van der Waals surface area contributed by atoms with Crippen LogP contribution in [-0.2, 0) is 0 Å². The maximum absolute atomic E-state index is 10.5. The van der Waals surface area contributed by atoms with Crippen LogP contribution in [0.3, 0.4) is 0 Å². The monoisotopic (exact) mass is 313 g/mol. The summed E-state index contributed by atoms with van der Waals surface area (Å²) in [6.45, 7) is 2.10. The second-order valence-corrected chi connectivity index (χ2v) is 7.37. The smallest absolute Gasteiger partial charge is 0.106 e. The van der Waals surface area contributed by atoms with Gasteiger partial charge in [0.25, 0.3) is 0 Å². The first-order chi connectivity index (χ1) is 10.7. The Bertz CT molecular complexity index is 608. The van der Waals surface area contributed by atoms with Gasteiger partial charge in [0.15, 0.2) is 0 Å². The molecule has 1 aromatic carbocycles. The summed E-state index contributed by atoms with van der Waals surface area (Å²) in [5.41, 5.74) is 2.95. The van der Waals surface area contributed by atoms with Gasteiger partial charge < -0.3 is 5.11 Å². The van der Waals surface area contributed by atoms with Gasteiger partial charge in [-0.25, -0.2) is 4.98 Å². The third kappa shape index (κ3) is 3.71. The number of hydrogen-bond acceptors (Lipinski definition) is 3. The minimum absolute atomic E-state index is 0.596. The topological polar surface area (TPSA) is 33.1 Å². The first-order valence-corrected chi connectivity index (χ1v) is 8.98. The molecule has 1 heterocycles. The van der Waals surface area contributed by atoms with Gasteiger partial charge in [-0.2, -0.15) is 0 Å².